The molecule has 6 aromatic rings. The Labute approximate surface area is 297 Å². The van der Waals surface area contributed by atoms with Gasteiger partial charge in [0.15, 0.2) is 28.2 Å². The van der Waals surface area contributed by atoms with Crippen molar-refractivity contribution >= 4 is 21.9 Å². The zero-order valence-electron chi connectivity index (χ0n) is 27.9. The fraction of sp³-hybridized carbons (Fsp3) is 0.182. The maximum absolute atomic E-state index is 13.8. The third kappa shape index (κ3) is 8.51. The molecular weight excluding hydrogens is 694 g/mol. The molecule has 0 aliphatic carbocycles. The Hall–Kier alpha value is -6.76. The third-order valence-corrected chi connectivity index (χ3v) is 8.34. The van der Waals surface area contributed by atoms with E-state index in [2.05, 4.69) is 55.6 Å². The number of benzene rings is 1. The minimum absolute atomic E-state index is 0.0119. The Morgan fingerprint density at radius 3 is 2.46 bits per heavy atom. The van der Waals surface area contributed by atoms with Crippen molar-refractivity contribution in [3.8, 4) is 51.9 Å². The Bertz CT molecular complexity index is 2240. The Morgan fingerprint density at radius 2 is 1.75 bits per heavy atom. The number of rotatable bonds is 14. The highest BCUT2D eigenvalue weighted by atomic mass is 32.2. The molecule has 1 aromatic carbocycles. The first-order chi connectivity index (χ1) is 25.2. The number of aromatic amines is 1. The van der Waals surface area contributed by atoms with E-state index in [9.17, 15) is 13.2 Å². The van der Waals surface area contributed by atoms with Crippen LogP contribution in [0, 0.1) is 0 Å². The predicted molar refractivity (Wildman–Crippen MR) is 184 cm³/mol. The van der Waals surface area contributed by atoms with Crippen LogP contribution in [0.5, 0.6) is 29.0 Å². The zero-order valence-corrected chi connectivity index (χ0v) is 28.7. The minimum Gasteiger partial charge on any atom is -0.493 e. The number of carbonyl (C=O) groups excluding carboxylic acids is 1. The number of hydrogen-bond donors (Lipinski definition) is 3. The van der Waals surface area contributed by atoms with Gasteiger partial charge in [-0.3, -0.25) is 9.71 Å². The molecule has 6 rings (SSSR count). The standard InChI is InChI=1S/C33H31N11O7S/c1-20(2)22-11-12-27(37-19-22)52(46,47)42-31-28(50-25-9-5-4-8-24(25)48-3)32(49-17-16-36-33(45)51-26-10-6-7-14-35-26)39-29(38-31)21-13-15-34-23(18-21)30-40-43-44-41-30/h4-15,18-20H,16-17H2,1-3H3,(H,36,45)(H,38,39,42)(H,40,41,43,44). The summed E-state index contributed by atoms with van der Waals surface area (Å²) in [6.45, 7) is 3.72. The predicted octanol–water partition coefficient (Wildman–Crippen LogP) is 4.40. The maximum Gasteiger partial charge on any atom is 0.414 e. The summed E-state index contributed by atoms with van der Waals surface area (Å²) in [7, 11) is -2.90. The number of pyridine rings is 3. The number of hydrogen-bond acceptors (Lipinski definition) is 15. The molecule has 0 saturated carbocycles. The van der Waals surface area contributed by atoms with Crippen LogP contribution < -0.4 is 29.0 Å². The first-order valence-electron chi connectivity index (χ1n) is 15.6. The van der Waals surface area contributed by atoms with Gasteiger partial charge in [0, 0.05) is 30.2 Å². The van der Waals surface area contributed by atoms with Gasteiger partial charge in [-0.15, -0.1) is 10.2 Å². The molecule has 0 unspecified atom stereocenters. The van der Waals surface area contributed by atoms with Crippen LogP contribution in [-0.4, -0.2) is 80.3 Å². The van der Waals surface area contributed by atoms with Crippen LogP contribution in [0.3, 0.4) is 0 Å². The second-order valence-electron chi connectivity index (χ2n) is 11.0. The number of nitrogens with one attached hydrogen (secondary N) is 3. The molecule has 18 nitrogen and oxygen atoms in total. The topological polar surface area (TPSA) is 231 Å². The SMILES string of the molecule is COc1ccccc1Oc1c(NS(=O)(=O)c2ccc(C(C)C)cn2)nc(-c2ccnc(-c3nn[nH]n3)c2)nc1OCCNC(=O)Oc1ccccn1. The molecule has 0 saturated heterocycles. The van der Waals surface area contributed by atoms with Crippen LogP contribution in [0.1, 0.15) is 25.3 Å². The lowest BCUT2D eigenvalue weighted by molar-refractivity contribution is 0.194. The van der Waals surface area contributed by atoms with Crippen molar-refractivity contribution in [2.24, 2.45) is 0 Å². The van der Waals surface area contributed by atoms with E-state index < -0.39 is 16.1 Å². The summed E-state index contributed by atoms with van der Waals surface area (Å²) in [5.41, 5.74) is 1.58. The molecule has 0 atom stereocenters. The van der Waals surface area contributed by atoms with Crippen molar-refractivity contribution in [3.05, 3.63) is 90.9 Å². The van der Waals surface area contributed by atoms with E-state index in [1.54, 1.807) is 54.6 Å². The number of H-pyrrole nitrogens is 1. The third-order valence-electron chi connectivity index (χ3n) is 7.09. The summed E-state index contributed by atoms with van der Waals surface area (Å²) in [6, 6.07) is 17.8. The van der Waals surface area contributed by atoms with Crippen molar-refractivity contribution in [2.45, 2.75) is 24.8 Å². The highest BCUT2D eigenvalue weighted by molar-refractivity contribution is 7.92. The highest BCUT2D eigenvalue weighted by Gasteiger charge is 2.26. The van der Waals surface area contributed by atoms with Crippen LogP contribution in [-0.2, 0) is 10.0 Å². The van der Waals surface area contributed by atoms with Gasteiger partial charge in [0.2, 0.25) is 17.5 Å². The summed E-state index contributed by atoms with van der Waals surface area (Å²) in [5.74, 6) is 0.298. The van der Waals surface area contributed by atoms with E-state index in [-0.39, 0.29) is 64.8 Å². The second-order valence-corrected chi connectivity index (χ2v) is 12.6. The summed E-state index contributed by atoms with van der Waals surface area (Å²) >= 11 is 0. The van der Waals surface area contributed by atoms with Crippen molar-refractivity contribution in [2.75, 3.05) is 25.0 Å². The van der Waals surface area contributed by atoms with Crippen LogP contribution in [0.2, 0.25) is 0 Å². The quantitative estimate of drug-likeness (QED) is 0.132. The normalized spacial score (nSPS) is 11.2. The summed E-state index contributed by atoms with van der Waals surface area (Å²) in [6.07, 6.45) is 3.68. The molecule has 0 spiro atoms. The molecular formula is C33H31N11O7S. The van der Waals surface area contributed by atoms with E-state index in [1.165, 1.54) is 37.8 Å². The summed E-state index contributed by atoms with van der Waals surface area (Å²) in [5, 5.41) is 16.2. The lowest BCUT2D eigenvalue weighted by Gasteiger charge is -2.18. The van der Waals surface area contributed by atoms with Gasteiger partial charge in [-0.1, -0.05) is 38.1 Å². The van der Waals surface area contributed by atoms with Crippen LogP contribution >= 0.6 is 0 Å². The number of tetrazole rings is 1. The number of para-hydroxylation sites is 2. The fourth-order valence-electron chi connectivity index (χ4n) is 4.50. The van der Waals surface area contributed by atoms with Crippen LogP contribution in [0.15, 0.2) is 90.3 Å². The molecule has 5 aromatic heterocycles. The second kappa shape index (κ2) is 15.9. The molecule has 0 fully saturated rings. The monoisotopic (exact) mass is 725 g/mol. The molecule has 0 bridgehead atoms. The Morgan fingerprint density at radius 1 is 0.923 bits per heavy atom. The van der Waals surface area contributed by atoms with E-state index >= 15 is 0 Å². The number of sulfonamides is 1. The first-order valence-corrected chi connectivity index (χ1v) is 17.1. The van der Waals surface area contributed by atoms with Gasteiger partial charge in [-0.2, -0.15) is 18.6 Å². The molecule has 0 aliphatic rings. The van der Waals surface area contributed by atoms with E-state index in [0.717, 1.165) is 5.56 Å². The summed E-state index contributed by atoms with van der Waals surface area (Å²) in [4.78, 5) is 34.0. The Balaban J connectivity index is 1.40. The number of amides is 1. The average Bonchev–Trinajstić information content (AvgIpc) is 3.70. The van der Waals surface area contributed by atoms with Gasteiger partial charge in [0.05, 0.1) is 13.7 Å². The molecule has 52 heavy (non-hydrogen) atoms. The summed E-state index contributed by atoms with van der Waals surface area (Å²) < 4.78 is 53.0. The largest absolute Gasteiger partial charge is 0.493 e. The molecule has 3 N–H and O–H groups in total. The average molecular weight is 726 g/mol. The van der Waals surface area contributed by atoms with Crippen LogP contribution in [0.4, 0.5) is 10.6 Å². The number of nitrogens with zero attached hydrogens (tertiary/aromatic N) is 8. The number of methoxy groups -OCH3 is 1. The van der Waals surface area contributed by atoms with Crippen molar-refractivity contribution in [1.82, 2.24) is 50.9 Å². The van der Waals surface area contributed by atoms with E-state index in [0.29, 0.717) is 17.0 Å². The molecule has 1 amide bonds. The number of ether oxygens (including phenoxy) is 4. The van der Waals surface area contributed by atoms with Gasteiger partial charge >= 0.3 is 6.09 Å². The van der Waals surface area contributed by atoms with Gasteiger partial charge in [-0.05, 0) is 53.1 Å². The molecule has 266 valence electrons. The van der Waals surface area contributed by atoms with E-state index in [4.69, 9.17) is 18.9 Å². The van der Waals surface area contributed by atoms with Gasteiger partial charge < -0.3 is 24.3 Å². The number of aromatic nitrogens is 9. The minimum atomic E-state index is -4.35. The van der Waals surface area contributed by atoms with Gasteiger partial charge in [-0.25, -0.2) is 19.7 Å². The maximum atomic E-state index is 13.8. The van der Waals surface area contributed by atoms with Crippen molar-refractivity contribution in [1.29, 1.82) is 0 Å². The molecule has 19 heteroatoms. The highest BCUT2D eigenvalue weighted by Crippen LogP contribution is 2.41. The first kappa shape index (κ1) is 35.1. The van der Waals surface area contributed by atoms with Crippen molar-refractivity contribution < 1.29 is 32.2 Å². The number of carbonyl (C=O) groups is 1. The Kier molecular flexibility index (Phi) is 10.7. The van der Waals surface area contributed by atoms with Crippen molar-refractivity contribution in [3.63, 3.8) is 0 Å². The zero-order chi connectivity index (χ0) is 36.5. The number of anilines is 1. The lowest BCUT2D eigenvalue weighted by Crippen LogP contribution is -2.31. The lowest BCUT2D eigenvalue weighted by atomic mass is 10.1. The van der Waals surface area contributed by atoms with Gasteiger partial charge in [0.25, 0.3) is 15.9 Å². The molecule has 0 radical (unpaired) electrons. The smallest absolute Gasteiger partial charge is 0.414 e. The van der Waals surface area contributed by atoms with Crippen LogP contribution in [0.25, 0.3) is 22.9 Å². The van der Waals surface area contributed by atoms with E-state index in [1.807, 2.05) is 13.8 Å². The fourth-order valence-corrected chi connectivity index (χ4v) is 5.44. The molecule has 5 heterocycles. The van der Waals surface area contributed by atoms with Gasteiger partial charge in [0.1, 0.15) is 12.3 Å². The molecule has 0 aliphatic heterocycles.